The van der Waals surface area contributed by atoms with Crippen molar-refractivity contribution in [1.82, 2.24) is 4.57 Å². The zero-order valence-electron chi connectivity index (χ0n) is 17.1. The summed E-state index contributed by atoms with van der Waals surface area (Å²) in [6.07, 6.45) is 3.86. The molecule has 0 saturated heterocycles. The molecule has 162 valence electrons. The Kier molecular flexibility index (Phi) is 7.07. The van der Waals surface area contributed by atoms with Gasteiger partial charge in [0.15, 0.2) is 12.2 Å². The number of carbonyl (C=O) groups is 2. The number of rotatable bonds is 6. The minimum absolute atomic E-state index is 0. The second-order valence-electron chi connectivity index (χ2n) is 7.17. The average molecular weight is 444 g/mol. The predicted octanol–water partition coefficient (Wildman–Crippen LogP) is 0.347. The van der Waals surface area contributed by atoms with Crippen LogP contribution in [-0.4, -0.2) is 23.1 Å². The van der Waals surface area contributed by atoms with Gasteiger partial charge in [0.1, 0.15) is 12.0 Å². The van der Waals surface area contributed by atoms with E-state index in [4.69, 9.17) is 4.74 Å². The molecular formula is C23H23ClFN3O3. The van der Waals surface area contributed by atoms with Gasteiger partial charge in [0.2, 0.25) is 0 Å². The van der Waals surface area contributed by atoms with E-state index in [2.05, 4.69) is 9.88 Å². The van der Waals surface area contributed by atoms with Gasteiger partial charge in [-0.1, -0.05) is 0 Å². The van der Waals surface area contributed by atoms with Crippen molar-refractivity contribution in [3.8, 4) is 11.3 Å². The van der Waals surface area contributed by atoms with Crippen molar-refractivity contribution in [2.24, 2.45) is 0 Å². The predicted molar refractivity (Wildman–Crippen MR) is 109 cm³/mol. The first-order valence-electron chi connectivity index (χ1n) is 10.00. The number of esters is 1. The van der Waals surface area contributed by atoms with E-state index in [0.717, 1.165) is 36.5 Å². The van der Waals surface area contributed by atoms with Crippen molar-refractivity contribution < 1.29 is 35.7 Å². The molecule has 1 aromatic heterocycles. The highest BCUT2D eigenvalue weighted by atomic mass is 35.5. The van der Waals surface area contributed by atoms with Gasteiger partial charge in [-0.2, -0.15) is 0 Å². The molecule has 3 aromatic rings. The van der Waals surface area contributed by atoms with Crippen LogP contribution in [0.15, 0.2) is 54.7 Å². The van der Waals surface area contributed by atoms with Crippen LogP contribution in [0.4, 0.5) is 10.1 Å². The molecule has 1 aliphatic heterocycles. The summed E-state index contributed by atoms with van der Waals surface area (Å²) in [4.78, 5) is 24.3. The largest absolute Gasteiger partial charge is 1.00 e. The maximum Gasteiger partial charge on any atom is 0.338 e. The number of anilines is 1. The van der Waals surface area contributed by atoms with Crippen LogP contribution in [0.25, 0.3) is 11.3 Å². The van der Waals surface area contributed by atoms with Crippen LogP contribution in [0.3, 0.4) is 0 Å². The van der Waals surface area contributed by atoms with E-state index in [1.54, 1.807) is 43.3 Å². The zero-order valence-corrected chi connectivity index (χ0v) is 17.9. The molecule has 0 aliphatic carbocycles. The van der Waals surface area contributed by atoms with Gasteiger partial charge in [-0.3, -0.25) is 4.79 Å². The SMILES string of the molecule is CCOC(=O)c1ccc(NC(=O)C[n+]2cc(-c3ccc(F)cc3)n3c2CCC3)cc1.[Cl-]. The molecule has 8 heteroatoms. The minimum Gasteiger partial charge on any atom is -1.00 e. The molecule has 2 heterocycles. The highest BCUT2D eigenvalue weighted by molar-refractivity contribution is 5.92. The van der Waals surface area contributed by atoms with E-state index < -0.39 is 0 Å². The molecule has 0 bridgehead atoms. The number of amides is 1. The van der Waals surface area contributed by atoms with Crippen LogP contribution < -0.4 is 22.3 Å². The molecule has 1 amide bonds. The van der Waals surface area contributed by atoms with Crippen molar-refractivity contribution >= 4 is 17.6 Å². The summed E-state index contributed by atoms with van der Waals surface area (Å²) in [5, 5.41) is 2.87. The molecular weight excluding hydrogens is 421 g/mol. The van der Waals surface area contributed by atoms with E-state index in [9.17, 15) is 14.0 Å². The third-order valence-electron chi connectivity index (χ3n) is 5.13. The topological polar surface area (TPSA) is 64.2 Å². The molecule has 1 N–H and O–H groups in total. The lowest BCUT2D eigenvalue weighted by Crippen LogP contribution is -3.00. The fraction of sp³-hybridized carbons (Fsp3) is 0.261. The highest BCUT2D eigenvalue weighted by Gasteiger charge is 2.29. The fourth-order valence-electron chi connectivity index (χ4n) is 3.76. The maximum absolute atomic E-state index is 13.3. The Hall–Kier alpha value is -3.19. The van der Waals surface area contributed by atoms with Crippen LogP contribution in [-0.2, 0) is 29.0 Å². The van der Waals surface area contributed by atoms with Gasteiger partial charge in [-0.05, 0) is 61.9 Å². The first-order valence-corrected chi connectivity index (χ1v) is 10.00. The Morgan fingerprint density at radius 3 is 2.52 bits per heavy atom. The van der Waals surface area contributed by atoms with Gasteiger partial charge in [0.05, 0.1) is 25.1 Å². The van der Waals surface area contributed by atoms with Crippen LogP contribution in [0.5, 0.6) is 0 Å². The number of nitrogens with zero attached hydrogens (tertiary/aromatic N) is 2. The standard InChI is InChI=1S/C23H22FN3O3.ClH/c1-2-30-23(29)17-7-11-19(12-8-17)25-21(28)15-26-14-20(27-13-3-4-22(26)27)16-5-9-18(24)10-6-16;/h5-12,14H,2-4,13,15H2,1H3;1H. The van der Waals surface area contributed by atoms with E-state index in [1.165, 1.54) is 12.1 Å². The summed E-state index contributed by atoms with van der Waals surface area (Å²) in [6, 6.07) is 13.0. The Bertz CT molecular complexity index is 1080. The number of imidazole rings is 1. The van der Waals surface area contributed by atoms with E-state index >= 15 is 0 Å². The summed E-state index contributed by atoms with van der Waals surface area (Å²) < 4.78 is 22.4. The monoisotopic (exact) mass is 443 g/mol. The third kappa shape index (κ3) is 4.94. The second kappa shape index (κ2) is 9.75. The lowest BCUT2D eigenvalue weighted by Gasteiger charge is -2.06. The van der Waals surface area contributed by atoms with Gasteiger partial charge in [-0.15, -0.1) is 0 Å². The number of nitrogens with one attached hydrogen (secondary N) is 1. The summed E-state index contributed by atoms with van der Waals surface area (Å²) in [6.45, 7) is 3.13. The van der Waals surface area contributed by atoms with E-state index in [-0.39, 0.29) is 36.6 Å². The Morgan fingerprint density at radius 2 is 1.84 bits per heavy atom. The fourth-order valence-corrected chi connectivity index (χ4v) is 3.76. The summed E-state index contributed by atoms with van der Waals surface area (Å²) in [7, 11) is 0. The van der Waals surface area contributed by atoms with Gasteiger partial charge in [-0.25, -0.2) is 18.3 Å². The number of carbonyl (C=O) groups excluding carboxylic acids is 2. The van der Waals surface area contributed by atoms with Crippen LogP contribution >= 0.6 is 0 Å². The Morgan fingerprint density at radius 1 is 1.13 bits per heavy atom. The van der Waals surface area contributed by atoms with Gasteiger partial charge >= 0.3 is 5.97 Å². The summed E-state index contributed by atoms with van der Waals surface area (Å²) >= 11 is 0. The normalized spacial score (nSPS) is 12.1. The summed E-state index contributed by atoms with van der Waals surface area (Å²) in [5.41, 5.74) is 2.96. The molecule has 0 radical (unpaired) electrons. The van der Waals surface area contributed by atoms with Crippen LogP contribution in [0.1, 0.15) is 29.5 Å². The van der Waals surface area contributed by atoms with Crippen LogP contribution in [0.2, 0.25) is 0 Å². The number of benzene rings is 2. The van der Waals surface area contributed by atoms with Gasteiger partial charge < -0.3 is 22.5 Å². The Labute approximate surface area is 186 Å². The average Bonchev–Trinajstić information content (AvgIpc) is 3.33. The number of fused-ring (bicyclic) bond motifs is 1. The second-order valence-corrected chi connectivity index (χ2v) is 7.17. The number of halogens is 2. The third-order valence-corrected chi connectivity index (χ3v) is 5.13. The molecule has 31 heavy (non-hydrogen) atoms. The number of ether oxygens (including phenoxy) is 1. The Balaban J connectivity index is 0.00000272. The smallest absolute Gasteiger partial charge is 0.338 e. The highest BCUT2D eigenvalue weighted by Crippen LogP contribution is 2.25. The quantitative estimate of drug-likeness (QED) is 0.441. The van der Waals surface area contributed by atoms with Crippen molar-refractivity contribution in [1.29, 1.82) is 0 Å². The molecule has 4 rings (SSSR count). The molecule has 0 atom stereocenters. The number of hydrogen-bond acceptors (Lipinski definition) is 3. The molecule has 0 unspecified atom stereocenters. The van der Waals surface area contributed by atoms with Crippen molar-refractivity contribution in [2.45, 2.75) is 32.9 Å². The van der Waals surface area contributed by atoms with Gasteiger partial charge in [0, 0.05) is 11.3 Å². The molecule has 1 aliphatic rings. The molecule has 0 spiro atoms. The van der Waals surface area contributed by atoms with Crippen molar-refractivity contribution in [2.75, 3.05) is 11.9 Å². The van der Waals surface area contributed by atoms with Crippen molar-refractivity contribution in [3.63, 3.8) is 0 Å². The minimum atomic E-state index is -0.386. The van der Waals surface area contributed by atoms with Gasteiger partial charge in [0.25, 0.3) is 11.7 Å². The van der Waals surface area contributed by atoms with Crippen LogP contribution in [0, 0.1) is 5.82 Å². The molecule has 0 fully saturated rings. The zero-order chi connectivity index (χ0) is 21.1. The number of aromatic nitrogens is 2. The molecule has 6 nitrogen and oxygen atoms in total. The lowest BCUT2D eigenvalue weighted by atomic mass is 10.1. The first kappa shape index (κ1) is 22.5. The van der Waals surface area contributed by atoms with E-state index in [1.807, 2.05) is 10.8 Å². The summed E-state index contributed by atoms with van der Waals surface area (Å²) in [5.74, 6) is 0.272. The first-order chi connectivity index (χ1) is 14.5. The lowest BCUT2D eigenvalue weighted by molar-refractivity contribution is -0.690. The maximum atomic E-state index is 13.3. The van der Waals surface area contributed by atoms with Crippen molar-refractivity contribution in [3.05, 3.63) is 71.9 Å². The molecule has 0 saturated carbocycles. The number of hydrogen-bond donors (Lipinski definition) is 1. The van der Waals surface area contributed by atoms with E-state index in [0.29, 0.717) is 17.9 Å². The molecule has 2 aromatic carbocycles.